The first-order chi connectivity index (χ1) is 16.4. The van der Waals surface area contributed by atoms with E-state index in [2.05, 4.69) is 50.5 Å². The number of aryl methyl sites for hydroxylation is 1. The molecule has 0 bridgehead atoms. The summed E-state index contributed by atoms with van der Waals surface area (Å²) in [7, 11) is 0. The summed E-state index contributed by atoms with van der Waals surface area (Å²) in [6.07, 6.45) is 0. The van der Waals surface area contributed by atoms with Crippen molar-refractivity contribution in [2.75, 3.05) is 0 Å². The normalized spacial score (nSPS) is 10.8. The van der Waals surface area contributed by atoms with Crippen molar-refractivity contribution >= 4 is 39.3 Å². The van der Waals surface area contributed by atoms with Gasteiger partial charge in [0.1, 0.15) is 0 Å². The second-order valence-electron chi connectivity index (χ2n) is 7.41. The van der Waals surface area contributed by atoms with Crippen LogP contribution in [0.25, 0.3) is 5.69 Å². The third-order valence-electron chi connectivity index (χ3n) is 5.15. The van der Waals surface area contributed by atoms with Gasteiger partial charge >= 0.3 is 0 Å². The van der Waals surface area contributed by atoms with Crippen molar-refractivity contribution in [3.05, 3.63) is 110 Å². The van der Waals surface area contributed by atoms with E-state index in [9.17, 15) is 14.9 Å². The molecule has 1 heterocycles. The molecule has 0 aliphatic heterocycles. The lowest BCUT2D eigenvalue weighted by atomic mass is 10.1. The van der Waals surface area contributed by atoms with Gasteiger partial charge in [-0.25, -0.2) is 0 Å². The standard InChI is InChI=1S/C24H20BrN5O3S/c1-16-4-2-3-5-18(16)15-34-24-28-27-22(14-26-23(31)17-6-8-19(25)9-7-17)29(24)20-10-12-21(13-11-20)30(32)33/h2-13H,14-15H2,1H3,(H,26,31). The molecule has 4 rings (SSSR count). The number of rotatable bonds is 8. The number of halogens is 1. The second kappa shape index (κ2) is 10.6. The molecule has 34 heavy (non-hydrogen) atoms. The molecular weight excluding hydrogens is 518 g/mol. The first-order valence-corrected chi connectivity index (χ1v) is 12.1. The summed E-state index contributed by atoms with van der Waals surface area (Å²) in [6.45, 7) is 2.20. The van der Waals surface area contributed by atoms with Crippen LogP contribution in [-0.2, 0) is 12.3 Å². The number of nitro groups is 1. The molecule has 8 nitrogen and oxygen atoms in total. The first-order valence-electron chi connectivity index (χ1n) is 10.3. The van der Waals surface area contributed by atoms with E-state index in [0.717, 1.165) is 4.47 Å². The Kier molecular flexibility index (Phi) is 7.39. The number of non-ortho nitro benzene ring substituents is 1. The zero-order valence-electron chi connectivity index (χ0n) is 18.1. The van der Waals surface area contributed by atoms with Crippen LogP contribution >= 0.6 is 27.7 Å². The van der Waals surface area contributed by atoms with E-state index in [1.54, 1.807) is 36.4 Å². The second-order valence-corrected chi connectivity index (χ2v) is 9.27. The van der Waals surface area contributed by atoms with E-state index in [0.29, 0.717) is 28.0 Å². The van der Waals surface area contributed by atoms with Gasteiger partial charge in [0, 0.05) is 33.6 Å². The number of amides is 1. The molecule has 0 fully saturated rings. The fraction of sp³-hybridized carbons (Fsp3) is 0.125. The number of nitro benzene ring substituents is 1. The molecule has 3 aromatic carbocycles. The summed E-state index contributed by atoms with van der Waals surface area (Å²) in [5, 5.41) is 23.2. The number of nitrogens with zero attached hydrogens (tertiary/aromatic N) is 4. The molecule has 10 heteroatoms. The molecule has 1 aromatic heterocycles. The van der Waals surface area contributed by atoms with Gasteiger partial charge in [0.05, 0.1) is 11.5 Å². The lowest BCUT2D eigenvalue weighted by Crippen LogP contribution is -2.24. The van der Waals surface area contributed by atoms with Gasteiger partial charge in [-0.2, -0.15) is 0 Å². The minimum Gasteiger partial charge on any atom is -0.345 e. The summed E-state index contributed by atoms with van der Waals surface area (Å²) >= 11 is 4.87. The molecule has 0 saturated carbocycles. The minimum absolute atomic E-state index is 0.00368. The molecule has 172 valence electrons. The minimum atomic E-state index is -0.441. The lowest BCUT2D eigenvalue weighted by Gasteiger charge is -2.11. The number of carbonyl (C=O) groups is 1. The molecule has 0 atom stereocenters. The molecular formula is C24H20BrN5O3S. The zero-order chi connectivity index (χ0) is 24.1. The number of nitrogens with one attached hydrogen (secondary N) is 1. The van der Waals surface area contributed by atoms with Gasteiger partial charge in [0.25, 0.3) is 11.6 Å². The molecule has 0 aliphatic carbocycles. The average Bonchev–Trinajstić information content (AvgIpc) is 3.25. The molecule has 4 aromatic rings. The summed E-state index contributed by atoms with van der Waals surface area (Å²) in [4.78, 5) is 23.2. The van der Waals surface area contributed by atoms with E-state index in [4.69, 9.17) is 0 Å². The highest BCUT2D eigenvalue weighted by molar-refractivity contribution is 9.10. The largest absolute Gasteiger partial charge is 0.345 e. The van der Waals surface area contributed by atoms with Crippen LogP contribution in [0.1, 0.15) is 27.3 Å². The van der Waals surface area contributed by atoms with E-state index >= 15 is 0 Å². The van der Waals surface area contributed by atoms with Crippen molar-refractivity contribution < 1.29 is 9.72 Å². The molecule has 0 radical (unpaired) electrons. The maximum atomic E-state index is 12.6. The van der Waals surface area contributed by atoms with Crippen LogP contribution in [0.4, 0.5) is 5.69 Å². The number of hydrogen-bond acceptors (Lipinski definition) is 6. The summed E-state index contributed by atoms with van der Waals surface area (Å²) in [5.41, 5.74) is 3.56. The third kappa shape index (κ3) is 5.52. The molecule has 1 amide bonds. The average molecular weight is 538 g/mol. The predicted molar refractivity (Wildman–Crippen MR) is 134 cm³/mol. The van der Waals surface area contributed by atoms with Crippen molar-refractivity contribution in [3.63, 3.8) is 0 Å². The van der Waals surface area contributed by atoms with Crippen LogP contribution in [0.5, 0.6) is 0 Å². The SMILES string of the molecule is Cc1ccccc1CSc1nnc(CNC(=O)c2ccc(Br)cc2)n1-c1ccc([N+](=O)[O-])cc1. The monoisotopic (exact) mass is 537 g/mol. The number of hydrogen-bond donors (Lipinski definition) is 1. The summed E-state index contributed by atoms with van der Waals surface area (Å²) in [6, 6.07) is 21.3. The number of carbonyl (C=O) groups excluding carboxylic acids is 1. The maximum Gasteiger partial charge on any atom is 0.269 e. The Morgan fingerprint density at radius 1 is 1.06 bits per heavy atom. The van der Waals surface area contributed by atoms with Gasteiger partial charge in [0.2, 0.25) is 0 Å². The smallest absolute Gasteiger partial charge is 0.269 e. The highest BCUT2D eigenvalue weighted by Crippen LogP contribution is 2.27. The van der Waals surface area contributed by atoms with Gasteiger partial charge in [-0.15, -0.1) is 10.2 Å². The van der Waals surface area contributed by atoms with Crippen LogP contribution in [0.2, 0.25) is 0 Å². The molecule has 1 N–H and O–H groups in total. The Balaban J connectivity index is 1.60. The van der Waals surface area contributed by atoms with Crippen LogP contribution in [0.3, 0.4) is 0 Å². The Morgan fingerprint density at radius 2 is 1.76 bits per heavy atom. The Hall–Kier alpha value is -3.50. The number of benzene rings is 3. The number of thioether (sulfide) groups is 1. The van der Waals surface area contributed by atoms with E-state index in [-0.39, 0.29) is 18.1 Å². The molecule has 0 saturated heterocycles. The number of aromatic nitrogens is 3. The maximum absolute atomic E-state index is 12.6. The predicted octanol–water partition coefficient (Wildman–Crippen LogP) is 5.47. The van der Waals surface area contributed by atoms with E-state index in [1.807, 2.05) is 16.7 Å². The van der Waals surface area contributed by atoms with Crippen LogP contribution in [0, 0.1) is 17.0 Å². The highest BCUT2D eigenvalue weighted by atomic mass is 79.9. The van der Waals surface area contributed by atoms with Crippen molar-refractivity contribution in [1.82, 2.24) is 20.1 Å². The topological polar surface area (TPSA) is 103 Å². The zero-order valence-corrected chi connectivity index (χ0v) is 20.5. The highest BCUT2D eigenvalue weighted by Gasteiger charge is 2.17. The fourth-order valence-electron chi connectivity index (χ4n) is 3.27. The molecule has 0 aliphatic rings. The third-order valence-corrected chi connectivity index (χ3v) is 6.66. The Morgan fingerprint density at radius 3 is 2.44 bits per heavy atom. The Bertz CT molecular complexity index is 1320. The van der Waals surface area contributed by atoms with Crippen LogP contribution in [-0.4, -0.2) is 25.6 Å². The van der Waals surface area contributed by atoms with Gasteiger partial charge in [-0.05, 0) is 54.4 Å². The van der Waals surface area contributed by atoms with Gasteiger partial charge in [-0.1, -0.05) is 52.0 Å². The van der Waals surface area contributed by atoms with E-state index in [1.165, 1.54) is 35.0 Å². The first kappa shape index (κ1) is 23.7. The quantitative estimate of drug-likeness (QED) is 0.181. The van der Waals surface area contributed by atoms with Gasteiger partial charge < -0.3 is 5.32 Å². The molecule has 0 unspecified atom stereocenters. The lowest BCUT2D eigenvalue weighted by molar-refractivity contribution is -0.384. The van der Waals surface area contributed by atoms with Crippen molar-refractivity contribution in [3.8, 4) is 5.69 Å². The summed E-state index contributed by atoms with van der Waals surface area (Å²) in [5.74, 6) is 0.967. The van der Waals surface area contributed by atoms with Crippen LogP contribution in [0.15, 0.2) is 82.4 Å². The van der Waals surface area contributed by atoms with Crippen molar-refractivity contribution in [1.29, 1.82) is 0 Å². The summed E-state index contributed by atoms with van der Waals surface area (Å²) < 4.78 is 2.70. The van der Waals surface area contributed by atoms with Gasteiger partial charge in [-0.3, -0.25) is 19.5 Å². The van der Waals surface area contributed by atoms with Gasteiger partial charge in [0.15, 0.2) is 11.0 Å². The molecule has 0 spiro atoms. The van der Waals surface area contributed by atoms with Crippen LogP contribution < -0.4 is 5.32 Å². The van der Waals surface area contributed by atoms with Crippen molar-refractivity contribution in [2.24, 2.45) is 0 Å². The Labute approximate surface area is 208 Å². The fourth-order valence-corrected chi connectivity index (χ4v) is 4.58. The van der Waals surface area contributed by atoms with E-state index < -0.39 is 4.92 Å². The van der Waals surface area contributed by atoms with Crippen molar-refractivity contribution in [2.45, 2.75) is 24.4 Å².